The predicted octanol–water partition coefficient (Wildman–Crippen LogP) is 3.32. The van der Waals surface area contributed by atoms with Gasteiger partial charge in [0.1, 0.15) is 17.6 Å². The first-order chi connectivity index (χ1) is 9.22. The third-order valence-corrected chi connectivity index (χ3v) is 2.72. The molecule has 2 aromatic carbocycles. The number of nitrogens with one attached hydrogen (secondary N) is 1. The number of methoxy groups -OCH3 is 1. The van der Waals surface area contributed by atoms with Gasteiger partial charge >= 0.3 is 0 Å². The van der Waals surface area contributed by atoms with Crippen LogP contribution in [0.2, 0.25) is 0 Å². The highest BCUT2D eigenvalue weighted by Gasteiger charge is 2.02. The predicted molar refractivity (Wildman–Crippen MR) is 71.4 cm³/mol. The van der Waals surface area contributed by atoms with Crippen molar-refractivity contribution in [1.29, 1.82) is 5.26 Å². The molecule has 19 heavy (non-hydrogen) atoms. The Bertz CT molecular complexity index is 620. The largest absolute Gasteiger partial charge is 0.497 e. The smallest absolute Gasteiger partial charge is 0.141 e. The molecule has 0 heterocycles. The summed E-state index contributed by atoms with van der Waals surface area (Å²) in [5.74, 6) is 0.283. The lowest BCUT2D eigenvalue weighted by atomic mass is 10.2. The van der Waals surface area contributed by atoms with Crippen LogP contribution in [0.1, 0.15) is 11.1 Å². The highest BCUT2D eigenvalue weighted by atomic mass is 19.1. The average molecular weight is 256 g/mol. The van der Waals surface area contributed by atoms with Crippen molar-refractivity contribution in [3.05, 3.63) is 59.4 Å². The Balaban J connectivity index is 2.08. The minimum absolute atomic E-state index is 0.0376. The third kappa shape index (κ3) is 3.23. The zero-order valence-electron chi connectivity index (χ0n) is 10.5. The maximum absolute atomic E-state index is 13.2. The van der Waals surface area contributed by atoms with Gasteiger partial charge < -0.3 is 10.1 Å². The third-order valence-electron chi connectivity index (χ3n) is 2.72. The molecule has 3 nitrogen and oxygen atoms in total. The number of halogens is 1. The lowest BCUT2D eigenvalue weighted by molar-refractivity contribution is 0.414. The van der Waals surface area contributed by atoms with Gasteiger partial charge in [-0.2, -0.15) is 5.26 Å². The van der Waals surface area contributed by atoms with Gasteiger partial charge in [-0.15, -0.1) is 0 Å². The molecule has 2 aromatic rings. The Labute approximate surface area is 111 Å². The van der Waals surface area contributed by atoms with E-state index in [0.717, 1.165) is 11.3 Å². The summed E-state index contributed by atoms with van der Waals surface area (Å²) in [7, 11) is 1.62. The lowest BCUT2D eigenvalue weighted by Gasteiger charge is -2.08. The summed E-state index contributed by atoms with van der Waals surface area (Å²) in [6, 6.07) is 13.9. The number of hydrogen-bond acceptors (Lipinski definition) is 3. The molecule has 0 aromatic heterocycles. The van der Waals surface area contributed by atoms with Crippen molar-refractivity contribution >= 4 is 5.69 Å². The second-order valence-electron chi connectivity index (χ2n) is 4.01. The van der Waals surface area contributed by atoms with E-state index in [0.29, 0.717) is 12.2 Å². The maximum Gasteiger partial charge on any atom is 0.141 e. The van der Waals surface area contributed by atoms with Crippen LogP contribution >= 0.6 is 0 Å². The van der Waals surface area contributed by atoms with Crippen molar-refractivity contribution in [2.45, 2.75) is 6.54 Å². The zero-order valence-corrected chi connectivity index (χ0v) is 10.5. The first kappa shape index (κ1) is 12.9. The van der Waals surface area contributed by atoms with Gasteiger partial charge in [0, 0.05) is 12.2 Å². The molecule has 0 radical (unpaired) electrons. The summed E-state index contributed by atoms with van der Waals surface area (Å²) >= 11 is 0. The van der Waals surface area contributed by atoms with E-state index >= 15 is 0 Å². The topological polar surface area (TPSA) is 45.0 Å². The number of hydrogen-bond donors (Lipinski definition) is 1. The molecule has 0 fully saturated rings. The fraction of sp³-hybridized carbons (Fsp3) is 0.133. The molecule has 0 unspecified atom stereocenters. The molecule has 0 saturated carbocycles. The summed E-state index contributed by atoms with van der Waals surface area (Å²) in [4.78, 5) is 0. The van der Waals surface area contributed by atoms with E-state index < -0.39 is 5.82 Å². The van der Waals surface area contributed by atoms with Gasteiger partial charge in [-0.3, -0.25) is 0 Å². The number of benzene rings is 2. The number of nitrogens with zero attached hydrogens (tertiary/aromatic N) is 1. The van der Waals surface area contributed by atoms with E-state index in [9.17, 15) is 4.39 Å². The normalized spacial score (nSPS) is 9.74. The van der Waals surface area contributed by atoms with E-state index in [4.69, 9.17) is 10.00 Å². The van der Waals surface area contributed by atoms with Crippen LogP contribution in [-0.2, 0) is 6.54 Å². The van der Waals surface area contributed by atoms with Crippen LogP contribution in [-0.4, -0.2) is 7.11 Å². The minimum Gasteiger partial charge on any atom is -0.497 e. The molecule has 2 rings (SSSR count). The van der Waals surface area contributed by atoms with Gasteiger partial charge in [-0.25, -0.2) is 4.39 Å². The number of nitriles is 1. The fourth-order valence-corrected chi connectivity index (χ4v) is 1.71. The van der Waals surface area contributed by atoms with Gasteiger partial charge in [-0.05, 0) is 35.9 Å². The second kappa shape index (κ2) is 5.87. The van der Waals surface area contributed by atoms with Gasteiger partial charge in [0.2, 0.25) is 0 Å². The van der Waals surface area contributed by atoms with Crippen LogP contribution in [0.25, 0.3) is 0 Å². The molecular weight excluding hydrogens is 243 g/mol. The SMILES string of the molecule is COc1cccc(CNc2ccc(F)c(C#N)c2)c1. The summed E-state index contributed by atoms with van der Waals surface area (Å²) in [5, 5.41) is 11.9. The lowest BCUT2D eigenvalue weighted by Crippen LogP contribution is -2.00. The van der Waals surface area contributed by atoms with Crippen molar-refractivity contribution in [2.24, 2.45) is 0 Å². The van der Waals surface area contributed by atoms with E-state index in [2.05, 4.69) is 5.32 Å². The Hall–Kier alpha value is -2.54. The first-order valence-corrected chi connectivity index (χ1v) is 5.79. The van der Waals surface area contributed by atoms with E-state index in [1.807, 2.05) is 30.3 Å². The second-order valence-corrected chi connectivity index (χ2v) is 4.01. The summed E-state index contributed by atoms with van der Waals surface area (Å²) in [5.41, 5.74) is 1.79. The summed E-state index contributed by atoms with van der Waals surface area (Å²) < 4.78 is 18.3. The van der Waals surface area contributed by atoms with Gasteiger partial charge in [0.15, 0.2) is 0 Å². The molecule has 0 bridgehead atoms. The Morgan fingerprint density at radius 3 is 2.84 bits per heavy atom. The maximum atomic E-state index is 13.2. The van der Waals surface area contributed by atoms with Crippen molar-refractivity contribution in [3.63, 3.8) is 0 Å². The summed E-state index contributed by atoms with van der Waals surface area (Å²) in [6.07, 6.45) is 0. The molecule has 4 heteroatoms. The van der Waals surface area contributed by atoms with Crippen molar-refractivity contribution in [2.75, 3.05) is 12.4 Å². The molecule has 0 aliphatic carbocycles. The molecule has 0 amide bonds. The Morgan fingerprint density at radius 1 is 1.26 bits per heavy atom. The number of ether oxygens (including phenoxy) is 1. The monoisotopic (exact) mass is 256 g/mol. The van der Waals surface area contributed by atoms with Crippen LogP contribution in [0, 0.1) is 17.1 Å². The molecule has 0 spiro atoms. The Kier molecular flexibility index (Phi) is 3.99. The molecule has 96 valence electrons. The first-order valence-electron chi connectivity index (χ1n) is 5.79. The molecule has 0 saturated heterocycles. The molecule has 0 aliphatic rings. The van der Waals surface area contributed by atoms with E-state index in [1.165, 1.54) is 12.1 Å². The van der Waals surface area contributed by atoms with Crippen molar-refractivity contribution in [3.8, 4) is 11.8 Å². The van der Waals surface area contributed by atoms with Gasteiger partial charge in [-0.1, -0.05) is 12.1 Å². The highest BCUT2D eigenvalue weighted by Crippen LogP contribution is 2.17. The van der Waals surface area contributed by atoms with E-state index in [1.54, 1.807) is 13.2 Å². The van der Waals surface area contributed by atoms with Crippen LogP contribution in [0.15, 0.2) is 42.5 Å². The quantitative estimate of drug-likeness (QED) is 0.912. The number of anilines is 1. The standard InChI is InChI=1S/C15H13FN2O/c1-19-14-4-2-3-11(7-14)10-18-13-5-6-15(16)12(8-13)9-17/h2-8,18H,10H2,1H3. The van der Waals surface area contributed by atoms with Gasteiger partial charge in [0.25, 0.3) is 0 Å². The Morgan fingerprint density at radius 2 is 2.11 bits per heavy atom. The minimum atomic E-state index is -0.505. The molecule has 0 atom stereocenters. The number of rotatable bonds is 4. The molecule has 0 aliphatic heterocycles. The molecular formula is C15H13FN2O. The average Bonchev–Trinajstić information content (AvgIpc) is 2.46. The van der Waals surface area contributed by atoms with Crippen LogP contribution in [0.4, 0.5) is 10.1 Å². The highest BCUT2D eigenvalue weighted by molar-refractivity contribution is 5.50. The van der Waals surface area contributed by atoms with Crippen LogP contribution < -0.4 is 10.1 Å². The van der Waals surface area contributed by atoms with Crippen molar-refractivity contribution < 1.29 is 9.13 Å². The van der Waals surface area contributed by atoms with Crippen LogP contribution in [0.5, 0.6) is 5.75 Å². The van der Waals surface area contributed by atoms with E-state index in [-0.39, 0.29) is 5.56 Å². The molecule has 1 N–H and O–H groups in total. The fourth-order valence-electron chi connectivity index (χ4n) is 1.71. The summed E-state index contributed by atoms with van der Waals surface area (Å²) in [6.45, 7) is 0.577. The van der Waals surface area contributed by atoms with Crippen LogP contribution in [0.3, 0.4) is 0 Å². The zero-order chi connectivity index (χ0) is 13.7. The van der Waals surface area contributed by atoms with Gasteiger partial charge in [0.05, 0.1) is 12.7 Å². The van der Waals surface area contributed by atoms with Crippen molar-refractivity contribution in [1.82, 2.24) is 0 Å².